The second kappa shape index (κ2) is 4.71. The number of rotatable bonds is 2. The van der Waals surface area contributed by atoms with E-state index in [2.05, 4.69) is 30.6 Å². The van der Waals surface area contributed by atoms with Gasteiger partial charge in [0.2, 0.25) is 0 Å². The molecule has 0 amide bonds. The first kappa shape index (κ1) is 11.2. The van der Waals surface area contributed by atoms with Crippen LogP contribution in [-0.4, -0.2) is 23.0 Å². The SMILES string of the molecule is COC(=O)c1csc(-c2ccnc(Br)c2)n1. The summed E-state index contributed by atoms with van der Waals surface area (Å²) in [7, 11) is 1.34. The van der Waals surface area contributed by atoms with Crippen LogP contribution in [0.3, 0.4) is 0 Å². The Labute approximate surface area is 104 Å². The molecule has 0 aliphatic heterocycles. The zero-order chi connectivity index (χ0) is 11.5. The summed E-state index contributed by atoms with van der Waals surface area (Å²) in [6.07, 6.45) is 1.68. The Balaban J connectivity index is 2.35. The molecule has 0 fully saturated rings. The van der Waals surface area contributed by atoms with E-state index in [0.717, 1.165) is 15.2 Å². The van der Waals surface area contributed by atoms with Crippen molar-refractivity contribution in [3.63, 3.8) is 0 Å². The number of carbonyl (C=O) groups excluding carboxylic acids is 1. The summed E-state index contributed by atoms with van der Waals surface area (Å²) in [4.78, 5) is 19.4. The van der Waals surface area contributed by atoms with Crippen LogP contribution in [0.4, 0.5) is 0 Å². The molecule has 2 rings (SSSR count). The molecule has 0 aliphatic carbocycles. The molecule has 0 unspecified atom stereocenters. The molecule has 2 aromatic rings. The number of halogens is 1. The molecule has 82 valence electrons. The van der Waals surface area contributed by atoms with Gasteiger partial charge in [0.05, 0.1) is 7.11 Å². The fraction of sp³-hybridized carbons (Fsp3) is 0.100. The van der Waals surface area contributed by atoms with Crippen LogP contribution in [-0.2, 0) is 4.74 Å². The van der Waals surface area contributed by atoms with E-state index in [1.165, 1.54) is 18.4 Å². The van der Waals surface area contributed by atoms with Gasteiger partial charge in [0.1, 0.15) is 9.61 Å². The van der Waals surface area contributed by atoms with Crippen molar-refractivity contribution in [3.05, 3.63) is 34.0 Å². The number of ether oxygens (including phenoxy) is 1. The van der Waals surface area contributed by atoms with Gasteiger partial charge in [-0.15, -0.1) is 11.3 Å². The Morgan fingerprint density at radius 1 is 1.56 bits per heavy atom. The summed E-state index contributed by atoms with van der Waals surface area (Å²) in [6, 6.07) is 3.69. The van der Waals surface area contributed by atoms with Crippen LogP contribution in [0.1, 0.15) is 10.5 Å². The number of hydrogen-bond donors (Lipinski definition) is 0. The smallest absolute Gasteiger partial charge is 0.357 e. The van der Waals surface area contributed by atoms with E-state index in [9.17, 15) is 4.79 Å². The molecule has 0 spiro atoms. The standard InChI is InChI=1S/C10H7BrN2O2S/c1-15-10(14)7-5-16-9(13-7)6-2-3-12-8(11)4-6/h2-5H,1H3. The monoisotopic (exact) mass is 298 g/mol. The van der Waals surface area contributed by atoms with E-state index >= 15 is 0 Å². The fourth-order valence-electron chi connectivity index (χ4n) is 1.14. The van der Waals surface area contributed by atoms with Crippen molar-refractivity contribution in [2.75, 3.05) is 7.11 Å². The van der Waals surface area contributed by atoms with Crippen molar-refractivity contribution >= 4 is 33.2 Å². The molecule has 6 heteroatoms. The Morgan fingerprint density at radius 3 is 3.06 bits per heavy atom. The van der Waals surface area contributed by atoms with E-state index in [0.29, 0.717) is 5.69 Å². The van der Waals surface area contributed by atoms with Crippen molar-refractivity contribution < 1.29 is 9.53 Å². The zero-order valence-corrected chi connectivity index (χ0v) is 10.7. The average Bonchev–Trinajstić information content (AvgIpc) is 2.77. The Hall–Kier alpha value is -1.27. The first-order valence-electron chi connectivity index (χ1n) is 4.36. The molecule has 0 aliphatic rings. The van der Waals surface area contributed by atoms with Gasteiger partial charge in [-0.25, -0.2) is 14.8 Å². The predicted octanol–water partition coefficient (Wildman–Crippen LogP) is 2.75. The van der Waals surface area contributed by atoms with Gasteiger partial charge < -0.3 is 4.74 Å². The second-order valence-corrected chi connectivity index (χ2v) is 4.57. The first-order chi connectivity index (χ1) is 7.70. The van der Waals surface area contributed by atoms with Gasteiger partial charge in [-0.2, -0.15) is 0 Å². The van der Waals surface area contributed by atoms with Crippen molar-refractivity contribution in [1.82, 2.24) is 9.97 Å². The molecular weight excluding hydrogens is 292 g/mol. The highest BCUT2D eigenvalue weighted by atomic mass is 79.9. The Morgan fingerprint density at radius 2 is 2.38 bits per heavy atom. The molecule has 0 bridgehead atoms. The van der Waals surface area contributed by atoms with Gasteiger partial charge in [0, 0.05) is 17.1 Å². The predicted molar refractivity (Wildman–Crippen MR) is 64.4 cm³/mol. The minimum absolute atomic E-state index is 0.329. The number of thiazole rings is 1. The summed E-state index contributed by atoms with van der Waals surface area (Å²) in [6.45, 7) is 0. The lowest BCUT2D eigenvalue weighted by Gasteiger charge is -1.96. The number of carbonyl (C=O) groups is 1. The summed E-state index contributed by atoms with van der Waals surface area (Å²) < 4.78 is 5.33. The van der Waals surface area contributed by atoms with E-state index in [4.69, 9.17) is 0 Å². The summed E-state index contributed by atoms with van der Waals surface area (Å²) in [5, 5.41) is 2.44. The minimum Gasteiger partial charge on any atom is -0.464 e. The van der Waals surface area contributed by atoms with Crippen LogP contribution in [0.25, 0.3) is 10.6 Å². The normalized spacial score (nSPS) is 10.1. The topological polar surface area (TPSA) is 52.1 Å². The van der Waals surface area contributed by atoms with Crippen LogP contribution in [0.2, 0.25) is 0 Å². The number of hydrogen-bond acceptors (Lipinski definition) is 5. The summed E-state index contributed by atoms with van der Waals surface area (Å²) >= 11 is 4.68. The van der Waals surface area contributed by atoms with Crippen LogP contribution in [0.15, 0.2) is 28.3 Å². The van der Waals surface area contributed by atoms with Gasteiger partial charge in [0.15, 0.2) is 5.69 Å². The largest absolute Gasteiger partial charge is 0.464 e. The number of nitrogens with zero attached hydrogens (tertiary/aromatic N) is 2. The van der Waals surface area contributed by atoms with Crippen LogP contribution < -0.4 is 0 Å². The molecule has 0 aromatic carbocycles. The summed E-state index contributed by atoms with van der Waals surface area (Å²) in [5.41, 5.74) is 1.25. The zero-order valence-electron chi connectivity index (χ0n) is 8.31. The lowest BCUT2D eigenvalue weighted by molar-refractivity contribution is 0.0595. The van der Waals surface area contributed by atoms with E-state index < -0.39 is 5.97 Å². The third-order valence-electron chi connectivity index (χ3n) is 1.87. The highest BCUT2D eigenvalue weighted by Gasteiger charge is 2.11. The minimum atomic E-state index is -0.421. The molecule has 0 saturated carbocycles. The van der Waals surface area contributed by atoms with Crippen LogP contribution in [0, 0.1) is 0 Å². The molecule has 0 N–H and O–H groups in total. The number of methoxy groups -OCH3 is 1. The van der Waals surface area contributed by atoms with Crippen molar-refractivity contribution in [2.45, 2.75) is 0 Å². The van der Waals surface area contributed by atoms with Gasteiger partial charge in [-0.05, 0) is 28.1 Å². The molecular formula is C10H7BrN2O2S. The molecule has 16 heavy (non-hydrogen) atoms. The average molecular weight is 299 g/mol. The fourth-order valence-corrected chi connectivity index (χ4v) is 2.29. The van der Waals surface area contributed by atoms with Gasteiger partial charge in [0.25, 0.3) is 0 Å². The number of pyridine rings is 1. The maximum atomic E-state index is 11.2. The van der Waals surface area contributed by atoms with E-state index in [1.807, 2.05) is 12.1 Å². The van der Waals surface area contributed by atoms with Crippen molar-refractivity contribution in [2.24, 2.45) is 0 Å². The molecule has 0 radical (unpaired) electrons. The third kappa shape index (κ3) is 2.28. The molecule has 4 nitrogen and oxygen atoms in total. The second-order valence-electron chi connectivity index (χ2n) is 2.90. The van der Waals surface area contributed by atoms with Crippen molar-refractivity contribution in [3.8, 4) is 10.6 Å². The van der Waals surface area contributed by atoms with Gasteiger partial charge in [-0.3, -0.25) is 0 Å². The number of aromatic nitrogens is 2. The molecule has 2 aromatic heterocycles. The highest BCUT2D eigenvalue weighted by molar-refractivity contribution is 9.10. The quantitative estimate of drug-likeness (QED) is 0.632. The van der Waals surface area contributed by atoms with E-state index in [-0.39, 0.29) is 0 Å². The van der Waals surface area contributed by atoms with E-state index in [1.54, 1.807) is 11.6 Å². The van der Waals surface area contributed by atoms with Gasteiger partial charge in [-0.1, -0.05) is 0 Å². The molecule has 0 saturated heterocycles. The lowest BCUT2D eigenvalue weighted by atomic mass is 10.3. The van der Waals surface area contributed by atoms with Crippen LogP contribution in [0.5, 0.6) is 0 Å². The summed E-state index contributed by atoms with van der Waals surface area (Å²) in [5.74, 6) is -0.421. The highest BCUT2D eigenvalue weighted by Crippen LogP contribution is 2.25. The van der Waals surface area contributed by atoms with Crippen molar-refractivity contribution in [1.29, 1.82) is 0 Å². The first-order valence-corrected chi connectivity index (χ1v) is 6.04. The Kier molecular flexibility index (Phi) is 3.31. The Bertz CT molecular complexity index is 527. The maximum Gasteiger partial charge on any atom is 0.357 e. The molecule has 2 heterocycles. The van der Waals surface area contributed by atoms with Gasteiger partial charge >= 0.3 is 5.97 Å². The molecule has 0 atom stereocenters. The van der Waals surface area contributed by atoms with Crippen LogP contribution >= 0.6 is 27.3 Å². The number of esters is 1. The lowest BCUT2D eigenvalue weighted by Crippen LogP contribution is -2.00. The third-order valence-corrected chi connectivity index (χ3v) is 3.20. The maximum absolute atomic E-state index is 11.2.